The van der Waals surface area contributed by atoms with Crippen LogP contribution in [0.15, 0.2) is 41.3 Å². The first kappa shape index (κ1) is 40.8. The van der Waals surface area contributed by atoms with Gasteiger partial charge in [-0.3, -0.25) is 5.10 Å². The van der Waals surface area contributed by atoms with E-state index in [1.54, 1.807) is 38.1 Å². The van der Waals surface area contributed by atoms with Crippen molar-refractivity contribution in [1.29, 1.82) is 0 Å². The molecular weight excluding hydrogens is 763 g/mol. The van der Waals surface area contributed by atoms with Gasteiger partial charge in [0.1, 0.15) is 29.5 Å². The van der Waals surface area contributed by atoms with Crippen LogP contribution < -0.4 is 36.5 Å². The highest BCUT2D eigenvalue weighted by atomic mass is 32.2. The molecule has 0 radical (unpaired) electrons. The summed E-state index contributed by atoms with van der Waals surface area (Å²) < 4.78 is 38.5. The molecule has 4 aliphatic heterocycles. The summed E-state index contributed by atoms with van der Waals surface area (Å²) in [5.41, 5.74) is 17.6. The van der Waals surface area contributed by atoms with Gasteiger partial charge in [0.15, 0.2) is 15.5 Å². The van der Waals surface area contributed by atoms with Crippen LogP contribution in [-0.2, 0) is 22.7 Å². The molecule has 4 aliphatic rings. The van der Waals surface area contributed by atoms with Crippen molar-refractivity contribution < 1.29 is 17.9 Å². The highest BCUT2D eigenvalue weighted by molar-refractivity contribution is 7.92. The number of anilines is 5. The fourth-order valence-corrected chi connectivity index (χ4v) is 10.7. The molecule has 2 fully saturated rings. The molecule has 14 heteroatoms. The number of aromatic amines is 1. The fraction of sp³-hybridized carbons (Fsp3) is 0.489. The first-order valence-electron chi connectivity index (χ1n) is 21.2. The number of H-pyrrole nitrogens is 1. The van der Waals surface area contributed by atoms with Gasteiger partial charge in [-0.05, 0) is 159 Å². The summed E-state index contributed by atoms with van der Waals surface area (Å²) in [4.78, 5) is 9.74. The largest absolute Gasteiger partial charge is 0.488 e. The number of ether oxygens (including phenoxy) is 2. The van der Waals surface area contributed by atoms with E-state index in [9.17, 15) is 8.42 Å². The Morgan fingerprint density at radius 3 is 1.98 bits per heavy atom. The topological polar surface area (TPSA) is 181 Å². The number of hydrogen-bond acceptors (Lipinski definition) is 12. The lowest BCUT2D eigenvalue weighted by Crippen LogP contribution is -2.27. The molecule has 59 heavy (non-hydrogen) atoms. The second kappa shape index (κ2) is 16.6. The van der Waals surface area contributed by atoms with Crippen molar-refractivity contribution in [1.82, 2.24) is 30.8 Å². The fourth-order valence-electron chi connectivity index (χ4n) is 9.52. The third-order valence-electron chi connectivity index (χ3n) is 12.3. The number of piperidine rings is 2. The van der Waals surface area contributed by atoms with E-state index in [1.807, 2.05) is 6.92 Å². The number of hydrogen-bond donors (Lipinski definition) is 6. The van der Waals surface area contributed by atoms with Crippen molar-refractivity contribution in [2.24, 2.45) is 0 Å². The smallest absolute Gasteiger partial charge is 0.231 e. The quantitative estimate of drug-likeness (QED) is 0.0838. The van der Waals surface area contributed by atoms with Gasteiger partial charge in [0.2, 0.25) is 5.95 Å². The maximum Gasteiger partial charge on any atom is 0.231 e. The van der Waals surface area contributed by atoms with Crippen LogP contribution in [0.2, 0.25) is 0 Å². The van der Waals surface area contributed by atoms with Gasteiger partial charge in [0.25, 0.3) is 0 Å². The lowest BCUT2D eigenvalue weighted by atomic mass is 9.83. The molecule has 9 rings (SSSR count). The summed E-state index contributed by atoms with van der Waals surface area (Å²) in [7, 11) is -3.53. The van der Waals surface area contributed by atoms with Crippen molar-refractivity contribution in [3.8, 4) is 11.5 Å². The Bertz CT molecular complexity index is 2470. The van der Waals surface area contributed by atoms with Gasteiger partial charge in [-0.1, -0.05) is 12.1 Å². The molecule has 2 saturated heterocycles. The van der Waals surface area contributed by atoms with E-state index in [2.05, 4.69) is 71.3 Å². The van der Waals surface area contributed by atoms with Crippen LogP contribution >= 0.6 is 0 Å². The molecule has 13 nitrogen and oxygen atoms in total. The number of nitrogen functional groups attached to an aromatic ring is 1. The van der Waals surface area contributed by atoms with Crippen LogP contribution in [-0.4, -0.2) is 72.2 Å². The number of para-hydroxylation sites is 1. The lowest BCUT2D eigenvalue weighted by molar-refractivity contribution is 0.255. The van der Waals surface area contributed by atoms with Crippen molar-refractivity contribution in [2.75, 3.05) is 42.5 Å². The Balaban J connectivity index is 0.000000223. The molecule has 6 heterocycles. The number of benzene rings is 3. The minimum absolute atomic E-state index is 0.0850. The van der Waals surface area contributed by atoms with Gasteiger partial charge in [0, 0.05) is 29.7 Å². The molecule has 0 saturated carbocycles. The molecule has 0 spiro atoms. The second-order valence-corrected chi connectivity index (χ2v) is 19.5. The normalized spacial score (nSPS) is 19.5. The van der Waals surface area contributed by atoms with Gasteiger partial charge in [-0.2, -0.15) is 15.1 Å². The van der Waals surface area contributed by atoms with Crippen LogP contribution in [0, 0.1) is 20.8 Å². The zero-order valence-electron chi connectivity index (χ0n) is 35.4. The van der Waals surface area contributed by atoms with Gasteiger partial charge in [-0.25, -0.2) is 8.42 Å². The number of aryl methyl sites for hydroxylation is 3. The van der Waals surface area contributed by atoms with Crippen LogP contribution in [0.4, 0.5) is 28.8 Å². The Hall–Kier alpha value is -4.92. The summed E-state index contributed by atoms with van der Waals surface area (Å²) in [6.07, 6.45) is 6.94. The number of sulfone groups is 1. The minimum Gasteiger partial charge on any atom is -0.488 e. The van der Waals surface area contributed by atoms with E-state index in [4.69, 9.17) is 25.2 Å². The standard InChI is InChI=1S/C30H37N7O3S.C15H22N2O/c1-16(2)41(38,39)24-9-7-6-8-22(24)32-28-26-19(5)36-37-29(26)35-30(34-28)33-23-14-17(3)25(20-10-12-31-13-11-20)21-15-18(4)40-27(21)23;1-9-7-13(16)15-12(8-10(2)18-15)14(9)11-3-5-17-6-4-11/h6-9,14,16,18,20,31H,10-13,15H2,1-5H3,(H3,32,33,34,35,36,37);7,10-11,17H,3-6,8,16H2,1-2H3/t18-;10-/m00/s1. The number of nitrogens with zero attached hydrogens (tertiary/aromatic N) is 3. The highest BCUT2D eigenvalue weighted by Gasteiger charge is 2.32. The first-order chi connectivity index (χ1) is 28.3. The van der Waals surface area contributed by atoms with Gasteiger partial charge in [-0.15, -0.1) is 0 Å². The van der Waals surface area contributed by atoms with E-state index in [0.29, 0.717) is 40.3 Å². The van der Waals surface area contributed by atoms with Gasteiger partial charge >= 0.3 is 0 Å². The van der Waals surface area contributed by atoms with Crippen molar-refractivity contribution in [2.45, 2.75) is 121 Å². The number of fused-ring (bicyclic) bond motifs is 3. The van der Waals surface area contributed by atoms with Crippen LogP contribution in [0.3, 0.4) is 0 Å². The zero-order chi connectivity index (χ0) is 41.6. The molecule has 0 aliphatic carbocycles. The summed E-state index contributed by atoms with van der Waals surface area (Å²) >= 11 is 0. The number of aromatic nitrogens is 4. The SMILES string of the molecule is Cc1cc(N)c2c(c1C1CCNCC1)C[C@H](C)O2.Cc1cc(Nc2nc(Nc3ccccc3S(=O)(=O)C(C)C)c3c(C)[nH]nc3n2)c2c(c1C1CCNCC1)C[C@H](C)O2. The average Bonchev–Trinajstić information content (AvgIpc) is 3.91. The van der Waals surface area contributed by atoms with E-state index in [0.717, 1.165) is 80.4 Å². The maximum atomic E-state index is 13.1. The molecule has 7 N–H and O–H groups in total. The third kappa shape index (κ3) is 8.06. The summed E-state index contributed by atoms with van der Waals surface area (Å²) in [5, 5.41) is 21.1. The van der Waals surface area contributed by atoms with E-state index < -0.39 is 15.1 Å². The summed E-state index contributed by atoms with van der Waals surface area (Å²) in [6, 6.07) is 11.1. The maximum absolute atomic E-state index is 13.1. The molecule has 5 aromatic rings. The second-order valence-electron chi connectivity index (χ2n) is 17.1. The molecule has 0 bridgehead atoms. The van der Waals surface area contributed by atoms with Crippen molar-refractivity contribution in [3.05, 3.63) is 75.5 Å². The predicted octanol–water partition coefficient (Wildman–Crippen LogP) is 7.80. The molecule has 2 aromatic heterocycles. The van der Waals surface area contributed by atoms with E-state index in [-0.39, 0.29) is 17.1 Å². The Kier molecular flexibility index (Phi) is 11.5. The Morgan fingerprint density at radius 2 is 1.36 bits per heavy atom. The zero-order valence-corrected chi connectivity index (χ0v) is 36.2. The molecular formula is C45H59N9O4S. The lowest BCUT2D eigenvalue weighted by Gasteiger charge is -2.27. The third-order valence-corrected chi connectivity index (χ3v) is 14.5. The monoisotopic (exact) mass is 821 g/mol. The van der Waals surface area contributed by atoms with Gasteiger partial charge in [0.05, 0.1) is 32.6 Å². The van der Waals surface area contributed by atoms with Crippen molar-refractivity contribution in [3.63, 3.8) is 0 Å². The van der Waals surface area contributed by atoms with Crippen LogP contribution in [0.25, 0.3) is 11.0 Å². The molecule has 2 atom stereocenters. The molecule has 314 valence electrons. The van der Waals surface area contributed by atoms with Crippen LogP contribution in [0.5, 0.6) is 11.5 Å². The van der Waals surface area contributed by atoms with Crippen LogP contribution in [0.1, 0.15) is 104 Å². The van der Waals surface area contributed by atoms with Gasteiger partial charge < -0.3 is 36.5 Å². The molecule has 3 aromatic carbocycles. The average molecular weight is 822 g/mol. The predicted molar refractivity (Wildman–Crippen MR) is 236 cm³/mol. The highest BCUT2D eigenvalue weighted by Crippen LogP contribution is 2.46. The molecule has 0 unspecified atom stereocenters. The first-order valence-corrected chi connectivity index (χ1v) is 22.8. The van der Waals surface area contributed by atoms with E-state index in [1.165, 1.54) is 46.2 Å². The number of nitrogens with two attached hydrogens (primary N) is 1. The van der Waals surface area contributed by atoms with E-state index >= 15 is 0 Å². The molecule has 0 amide bonds. The number of rotatable bonds is 8. The number of nitrogens with one attached hydrogen (secondary N) is 5. The summed E-state index contributed by atoms with van der Waals surface area (Å²) in [6.45, 7) is 18.1. The Labute approximate surface area is 348 Å². The van der Waals surface area contributed by atoms with Crippen molar-refractivity contribution >= 4 is 49.7 Å². The minimum atomic E-state index is -3.53. The Morgan fingerprint density at radius 1 is 0.780 bits per heavy atom. The summed E-state index contributed by atoms with van der Waals surface area (Å²) in [5.74, 6) is 3.82.